The van der Waals surface area contributed by atoms with Gasteiger partial charge in [0.1, 0.15) is 22.4 Å². The maximum Gasteiger partial charge on any atom is 0.272 e. The monoisotopic (exact) mass is 448 g/mol. The topological polar surface area (TPSA) is 59.5 Å². The van der Waals surface area contributed by atoms with Crippen LogP contribution in [0.3, 0.4) is 0 Å². The predicted molar refractivity (Wildman–Crippen MR) is 99.8 cm³/mol. The van der Waals surface area contributed by atoms with Crippen molar-refractivity contribution in [1.82, 2.24) is 4.98 Å². The van der Waals surface area contributed by atoms with E-state index in [2.05, 4.69) is 4.98 Å². The Bertz CT molecular complexity index is 1090. The summed E-state index contributed by atoms with van der Waals surface area (Å²) in [5.74, 6) is -4.13. The van der Waals surface area contributed by atoms with Crippen molar-refractivity contribution in [1.29, 1.82) is 0 Å². The second-order valence-electron chi connectivity index (χ2n) is 5.47. The van der Waals surface area contributed by atoms with Gasteiger partial charge in [-0.2, -0.15) is 0 Å². The molecular formula is C17H12ClF3N2O3S2. The number of ether oxygens (including phenoxy) is 1. The van der Waals surface area contributed by atoms with E-state index in [4.69, 9.17) is 16.3 Å². The molecule has 0 fully saturated rings. The number of hydrogen-bond acceptors (Lipinski definition) is 5. The molecule has 0 N–H and O–H groups in total. The van der Waals surface area contributed by atoms with Gasteiger partial charge in [0.25, 0.3) is 10.0 Å². The van der Waals surface area contributed by atoms with Gasteiger partial charge in [0.2, 0.25) is 0 Å². The molecule has 0 aliphatic rings. The van der Waals surface area contributed by atoms with Gasteiger partial charge in [0.15, 0.2) is 15.8 Å². The lowest BCUT2D eigenvalue weighted by molar-refractivity contribution is 0.414. The lowest BCUT2D eigenvalue weighted by Gasteiger charge is -2.22. The number of halogens is 4. The van der Waals surface area contributed by atoms with Gasteiger partial charge < -0.3 is 4.74 Å². The lowest BCUT2D eigenvalue weighted by atomic mass is 10.2. The van der Waals surface area contributed by atoms with E-state index in [1.165, 1.54) is 18.7 Å². The van der Waals surface area contributed by atoms with Crippen LogP contribution in [0.5, 0.6) is 5.75 Å². The SMILES string of the molecule is COc1ccc(CN(c2nccs2)S(=O)(=O)c2c(F)cc(F)c(Cl)c2F)cc1. The highest BCUT2D eigenvalue weighted by molar-refractivity contribution is 7.93. The fraction of sp³-hybridized carbons (Fsp3) is 0.118. The first-order valence-electron chi connectivity index (χ1n) is 7.64. The molecule has 1 heterocycles. The summed E-state index contributed by atoms with van der Waals surface area (Å²) in [6, 6.07) is 6.64. The summed E-state index contributed by atoms with van der Waals surface area (Å²) in [4.78, 5) is 2.58. The lowest BCUT2D eigenvalue weighted by Crippen LogP contribution is -2.32. The molecule has 1 aromatic heterocycles. The number of rotatable bonds is 6. The van der Waals surface area contributed by atoms with Crippen LogP contribution >= 0.6 is 22.9 Å². The Morgan fingerprint density at radius 1 is 1.18 bits per heavy atom. The Morgan fingerprint density at radius 2 is 1.86 bits per heavy atom. The zero-order valence-corrected chi connectivity index (χ0v) is 16.6. The standard InChI is InChI=1S/C17H12ClF3N2O3S2/c1-26-11-4-2-10(3-5-11)9-23(17-22-6-7-27-17)28(24,25)16-13(20)8-12(19)14(18)15(16)21/h2-8H,9H2,1H3. The van der Waals surface area contributed by atoms with Crippen molar-refractivity contribution in [2.75, 3.05) is 11.4 Å². The zero-order valence-electron chi connectivity index (χ0n) is 14.2. The maximum atomic E-state index is 14.4. The number of benzene rings is 2. The first kappa shape index (κ1) is 20.4. The first-order valence-corrected chi connectivity index (χ1v) is 10.3. The zero-order chi connectivity index (χ0) is 20.5. The van der Waals surface area contributed by atoms with Crippen molar-refractivity contribution in [3.63, 3.8) is 0 Å². The van der Waals surface area contributed by atoms with E-state index in [1.54, 1.807) is 24.3 Å². The summed E-state index contributed by atoms with van der Waals surface area (Å²) < 4.78 is 74.0. The van der Waals surface area contributed by atoms with E-state index in [9.17, 15) is 21.6 Å². The molecule has 2 aromatic carbocycles. The molecule has 3 aromatic rings. The fourth-order valence-corrected chi connectivity index (χ4v) is 4.99. The Morgan fingerprint density at radius 3 is 2.43 bits per heavy atom. The maximum absolute atomic E-state index is 14.4. The van der Waals surface area contributed by atoms with Crippen LogP contribution in [0.1, 0.15) is 5.56 Å². The molecule has 0 radical (unpaired) electrons. The smallest absolute Gasteiger partial charge is 0.272 e. The summed E-state index contributed by atoms with van der Waals surface area (Å²) >= 11 is 6.41. The van der Waals surface area contributed by atoms with Crippen LogP contribution in [-0.2, 0) is 16.6 Å². The Kier molecular flexibility index (Phi) is 5.82. The minimum Gasteiger partial charge on any atom is -0.497 e. The number of anilines is 1. The molecule has 0 bridgehead atoms. The molecule has 11 heteroatoms. The average Bonchev–Trinajstić information content (AvgIpc) is 3.18. The molecule has 0 aliphatic heterocycles. The quantitative estimate of drug-likeness (QED) is 0.408. The van der Waals surface area contributed by atoms with Gasteiger partial charge in [-0.3, -0.25) is 0 Å². The molecule has 148 valence electrons. The van der Waals surface area contributed by atoms with Crippen LogP contribution in [-0.4, -0.2) is 20.5 Å². The average molecular weight is 449 g/mol. The summed E-state index contributed by atoms with van der Waals surface area (Å²) in [5, 5.41) is 0.384. The van der Waals surface area contributed by atoms with Crippen LogP contribution in [0.15, 0.2) is 46.8 Å². The van der Waals surface area contributed by atoms with Gasteiger partial charge in [-0.05, 0) is 17.7 Å². The molecule has 0 aliphatic carbocycles. The summed E-state index contributed by atoms with van der Waals surface area (Å²) in [6.45, 7) is -0.270. The molecular weight excluding hydrogens is 437 g/mol. The highest BCUT2D eigenvalue weighted by Crippen LogP contribution is 2.34. The third kappa shape index (κ3) is 3.80. The van der Waals surface area contributed by atoms with E-state index in [-0.39, 0.29) is 17.7 Å². The number of methoxy groups -OCH3 is 1. The Hall–Kier alpha value is -2.30. The molecule has 0 saturated heterocycles. The number of nitrogens with zero attached hydrogens (tertiary/aromatic N) is 2. The first-order chi connectivity index (χ1) is 13.3. The van der Waals surface area contributed by atoms with Crippen LogP contribution in [0.25, 0.3) is 0 Å². The number of hydrogen-bond donors (Lipinski definition) is 0. The van der Waals surface area contributed by atoms with Gasteiger partial charge >= 0.3 is 0 Å². The van der Waals surface area contributed by atoms with Gasteiger partial charge in [-0.25, -0.2) is 30.9 Å². The van der Waals surface area contributed by atoms with Crippen molar-refractivity contribution in [3.05, 3.63) is 69.9 Å². The van der Waals surface area contributed by atoms with E-state index >= 15 is 0 Å². The second-order valence-corrected chi connectivity index (χ2v) is 8.52. The highest BCUT2D eigenvalue weighted by atomic mass is 35.5. The minimum atomic E-state index is -4.79. The van der Waals surface area contributed by atoms with Gasteiger partial charge in [-0.15, -0.1) is 11.3 Å². The molecule has 0 amide bonds. The number of sulfonamides is 1. The van der Waals surface area contributed by atoms with E-state index < -0.39 is 37.4 Å². The summed E-state index contributed by atoms with van der Waals surface area (Å²) in [7, 11) is -3.31. The molecule has 5 nitrogen and oxygen atoms in total. The summed E-state index contributed by atoms with van der Waals surface area (Å²) in [5.41, 5.74) is 0.508. The second kappa shape index (κ2) is 7.98. The third-order valence-electron chi connectivity index (χ3n) is 3.74. The van der Waals surface area contributed by atoms with Crippen LogP contribution < -0.4 is 9.04 Å². The van der Waals surface area contributed by atoms with Gasteiger partial charge in [0, 0.05) is 17.6 Å². The number of aromatic nitrogens is 1. The van der Waals surface area contributed by atoms with Crippen LogP contribution in [0.2, 0.25) is 5.02 Å². The van der Waals surface area contributed by atoms with Crippen molar-refractivity contribution in [3.8, 4) is 5.75 Å². The van der Waals surface area contributed by atoms with E-state index in [0.717, 1.165) is 15.6 Å². The van der Waals surface area contributed by atoms with E-state index in [1.807, 2.05) is 0 Å². The van der Waals surface area contributed by atoms with Crippen LogP contribution in [0, 0.1) is 17.5 Å². The number of thiazole rings is 1. The normalized spacial score (nSPS) is 11.5. The van der Waals surface area contributed by atoms with Crippen molar-refractivity contribution in [2.24, 2.45) is 0 Å². The van der Waals surface area contributed by atoms with E-state index in [0.29, 0.717) is 11.3 Å². The highest BCUT2D eigenvalue weighted by Gasteiger charge is 2.35. The third-order valence-corrected chi connectivity index (χ3v) is 6.77. The summed E-state index contributed by atoms with van der Waals surface area (Å²) in [6.07, 6.45) is 1.35. The predicted octanol–water partition coefficient (Wildman–Crippen LogP) is 4.62. The Balaban J connectivity index is 2.11. The van der Waals surface area contributed by atoms with Crippen molar-refractivity contribution in [2.45, 2.75) is 11.4 Å². The Labute approximate surface area is 168 Å². The van der Waals surface area contributed by atoms with Crippen LogP contribution in [0.4, 0.5) is 18.3 Å². The van der Waals surface area contributed by atoms with Crippen molar-refractivity contribution >= 4 is 38.1 Å². The minimum absolute atomic E-state index is 0.0185. The van der Waals surface area contributed by atoms with Gasteiger partial charge in [0.05, 0.1) is 13.7 Å². The molecule has 0 saturated carbocycles. The largest absolute Gasteiger partial charge is 0.497 e. The fourth-order valence-electron chi connectivity index (χ4n) is 2.39. The molecule has 3 rings (SSSR count). The molecule has 0 atom stereocenters. The molecule has 28 heavy (non-hydrogen) atoms. The molecule has 0 spiro atoms. The molecule has 0 unspecified atom stereocenters. The van der Waals surface area contributed by atoms with Crippen molar-refractivity contribution < 1.29 is 26.3 Å². The van der Waals surface area contributed by atoms with Gasteiger partial charge in [-0.1, -0.05) is 23.7 Å².